The highest BCUT2D eigenvalue weighted by Gasteiger charge is 2.18. The van der Waals surface area contributed by atoms with E-state index in [-0.39, 0.29) is 0 Å². The van der Waals surface area contributed by atoms with Crippen LogP contribution >= 0.6 is 0 Å². The lowest BCUT2D eigenvalue weighted by molar-refractivity contribution is 1.01. The Labute approximate surface area is 191 Å². The summed E-state index contributed by atoms with van der Waals surface area (Å²) in [5, 5.41) is 5.25. The Bertz CT molecular complexity index is 1800. The van der Waals surface area contributed by atoms with Crippen LogP contribution in [-0.4, -0.2) is 9.13 Å². The van der Waals surface area contributed by atoms with Crippen LogP contribution in [0.1, 0.15) is 0 Å². The Kier molecular flexibility index (Phi) is 3.80. The molecule has 5 aromatic carbocycles. The summed E-state index contributed by atoms with van der Waals surface area (Å²) < 4.78 is 4.73. The molecule has 156 valence electrons. The molecule has 0 aliphatic heterocycles. The molecule has 0 spiro atoms. The fourth-order valence-electron chi connectivity index (χ4n) is 5.42. The molecule has 2 heterocycles. The first-order chi connectivity index (χ1) is 16.3. The molecular formula is C31H22N2. The van der Waals surface area contributed by atoms with Crippen LogP contribution in [0.2, 0.25) is 0 Å². The van der Waals surface area contributed by atoms with Gasteiger partial charge in [-0.25, -0.2) is 0 Å². The van der Waals surface area contributed by atoms with Gasteiger partial charge in [0.25, 0.3) is 0 Å². The number of fused-ring (bicyclic) bond motifs is 7. The highest BCUT2D eigenvalue weighted by atomic mass is 15.0. The molecule has 2 nitrogen and oxygen atoms in total. The molecule has 7 aromatic rings. The van der Waals surface area contributed by atoms with Gasteiger partial charge < -0.3 is 9.13 Å². The number of aryl methyl sites for hydroxylation is 1. The zero-order valence-electron chi connectivity index (χ0n) is 18.4. The van der Waals surface area contributed by atoms with E-state index in [0.29, 0.717) is 0 Å². The van der Waals surface area contributed by atoms with Gasteiger partial charge in [-0.15, -0.1) is 0 Å². The van der Waals surface area contributed by atoms with Crippen molar-refractivity contribution >= 4 is 43.6 Å². The maximum Gasteiger partial charge on any atom is 0.0548 e. The van der Waals surface area contributed by atoms with Crippen molar-refractivity contribution in [2.75, 3.05) is 0 Å². The normalized spacial score (nSPS) is 11.8. The zero-order valence-corrected chi connectivity index (χ0v) is 18.4. The molecule has 2 aromatic heterocycles. The largest absolute Gasteiger partial charge is 0.344 e. The van der Waals surface area contributed by atoms with Gasteiger partial charge >= 0.3 is 0 Å². The second kappa shape index (κ2) is 6.85. The standard InChI is InChI=1S/C31H22N2/c1-32-27-18-19-28-31(24-14-8-9-15-26(24)33(28)23-12-6-3-7-13-23)30(27)25-17-16-22(20-29(25)32)21-10-4-2-5-11-21/h2-20H,1H3. The van der Waals surface area contributed by atoms with Crippen molar-refractivity contribution in [1.82, 2.24) is 9.13 Å². The first-order valence-electron chi connectivity index (χ1n) is 11.4. The van der Waals surface area contributed by atoms with Crippen LogP contribution in [0.25, 0.3) is 60.4 Å². The summed E-state index contributed by atoms with van der Waals surface area (Å²) in [7, 11) is 2.18. The Morgan fingerprint density at radius 1 is 0.455 bits per heavy atom. The van der Waals surface area contributed by atoms with Crippen molar-refractivity contribution in [2.24, 2.45) is 7.05 Å². The molecule has 0 atom stereocenters. The number of aromatic nitrogens is 2. The van der Waals surface area contributed by atoms with Gasteiger partial charge in [-0.3, -0.25) is 0 Å². The number of para-hydroxylation sites is 2. The molecule has 0 bridgehead atoms. The third-order valence-corrected chi connectivity index (χ3v) is 6.93. The minimum absolute atomic E-state index is 1.19. The minimum atomic E-state index is 1.19. The fraction of sp³-hybridized carbons (Fsp3) is 0.0323. The van der Waals surface area contributed by atoms with Gasteiger partial charge in [0.05, 0.1) is 11.0 Å². The second-order valence-corrected chi connectivity index (χ2v) is 8.70. The lowest BCUT2D eigenvalue weighted by Crippen LogP contribution is -1.93. The third kappa shape index (κ3) is 2.55. The molecule has 0 radical (unpaired) electrons. The molecule has 0 N–H and O–H groups in total. The monoisotopic (exact) mass is 422 g/mol. The van der Waals surface area contributed by atoms with Crippen molar-refractivity contribution in [2.45, 2.75) is 0 Å². The van der Waals surface area contributed by atoms with E-state index < -0.39 is 0 Å². The number of nitrogens with zero attached hydrogens (tertiary/aromatic N) is 2. The van der Waals surface area contributed by atoms with Crippen molar-refractivity contribution < 1.29 is 0 Å². The molecule has 2 heteroatoms. The molecule has 33 heavy (non-hydrogen) atoms. The predicted octanol–water partition coefficient (Wildman–Crippen LogP) is 8.10. The zero-order chi connectivity index (χ0) is 21.9. The average Bonchev–Trinajstić information content (AvgIpc) is 3.37. The van der Waals surface area contributed by atoms with Gasteiger partial charge in [0.15, 0.2) is 0 Å². The molecule has 0 aliphatic rings. The van der Waals surface area contributed by atoms with E-state index in [1.807, 2.05) is 0 Å². The molecule has 0 amide bonds. The van der Waals surface area contributed by atoms with Crippen molar-refractivity contribution in [3.63, 3.8) is 0 Å². The second-order valence-electron chi connectivity index (χ2n) is 8.70. The maximum atomic E-state index is 2.39. The SMILES string of the molecule is Cn1c2cc(-c3ccccc3)ccc2c2c3c4ccccc4n(-c4ccccc4)c3ccc21. The Morgan fingerprint density at radius 2 is 1.09 bits per heavy atom. The van der Waals surface area contributed by atoms with E-state index in [1.54, 1.807) is 0 Å². The third-order valence-electron chi connectivity index (χ3n) is 6.93. The van der Waals surface area contributed by atoms with Gasteiger partial charge in [0, 0.05) is 45.3 Å². The Morgan fingerprint density at radius 3 is 1.91 bits per heavy atom. The Balaban J connectivity index is 1.64. The fourth-order valence-corrected chi connectivity index (χ4v) is 5.42. The van der Waals surface area contributed by atoms with Crippen LogP contribution in [-0.2, 0) is 7.05 Å². The molecule has 0 unspecified atom stereocenters. The molecule has 0 saturated carbocycles. The minimum Gasteiger partial charge on any atom is -0.344 e. The van der Waals surface area contributed by atoms with Crippen LogP contribution in [0.15, 0.2) is 115 Å². The molecule has 0 saturated heterocycles. The van der Waals surface area contributed by atoms with Crippen LogP contribution < -0.4 is 0 Å². The quantitative estimate of drug-likeness (QED) is 0.266. The summed E-state index contributed by atoms with van der Waals surface area (Å²) in [6.07, 6.45) is 0. The highest BCUT2D eigenvalue weighted by molar-refractivity contribution is 6.28. The smallest absolute Gasteiger partial charge is 0.0548 e. The average molecular weight is 423 g/mol. The summed E-state index contributed by atoms with van der Waals surface area (Å²) in [5.41, 5.74) is 8.69. The lowest BCUT2D eigenvalue weighted by atomic mass is 10.0. The van der Waals surface area contributed by atoms with Crippen LogP contribution in [0.3, 0.4) is 0 Å². The van der Waals surface area contributed by atoms with Crippen molar-refractivity contribution in [3.05, 3.63) is 115 Å². The summed E-state index contributed by atoms with van der Waals surface area (Å²) in [5.74, 6) is 0. The van der Waals surface area contributed by atoms with Crippen LogP contribution in [0.5, 0.6) is 0 Å². The summed E-state index contributed by atoms with van der Waals surface area (Å²) in [6.45, 7) is 0. The van der Waals surface area contributed by atoms with E-state index in [0.717, 1.165) is 0 Å². The topological polar surface area (TPSA) is 9.86 Å². The Hall–Kier alpha value is -4.30. The van der Waals surface area contributed by atoms with Gasteiger partial charge in [0.1, 0.15) is 0 Å². The first-order valence-corrected chi connectivity index (χ1v) is 11.4. The van der Waals surface area contributed by atoms with Crippen molar-refractivity contribution in [1.29, 1.82) is 0 Å². The van der Waals surface area contributed by atoms with E-state index in [4.69, 9.17) is 0 Å². The number of rotatable bonds is 2. The maximum absolute atomic E-state index is 2.39. The van der Waals surface area contributed by atoms with Gasteiger partial charge in [0.2, 0.25) is 0 Å². The van der Waals surface area contributed by atoms with Crippen LogP contribution in [0, 0.1) is 0 Å². The van der Waals surface area contributed by atoms with Crippen molar-refractivity contribution in [3.8, 4) is 16.8 Å². The van der Waals surface area contributed by atoms with Crippen LogP contribution in [0.4, 0.5) is 0 Å². The summed E-state index contributed by atoms with van der Waals surface area (Å²) in [6, 6.07) is 41.5. The number of hydrogen-bond donors (Lipinski definition) is 0. The highest BCUT2D eigenvalue weighted by Crippen LogP contribution is 2.41. The number of benzene rings is 5. The molecule has 0 fully saturated rings. The van der Waals surface area contributed by atoms with Gasteiger partial charge in [-0.05, 0) is 47.5 Å². The summed E-state index contributed by atoms with van der Waals surface area (Å²) in [4.78, 5) is 0. The van der Waals surface area contributed by atoms with E-state index in [9.17, 15) is 0 Å². The predicted molar refractivity (Wildman–Crippen MR) is 140 cm³/mol. The summed E-state index contributed by atoms with van der Waals surface area (Å²) >= 11 is 0. The molecular weight excluding hydrogens is 400 g/mol. The van der Waals surface area contributed by atoms with E-state index >= 15 is 0 Å². The molecule has 0 aliphatic carbocycles. The van der Waals surface area contributed by atoms with E-state index in [1.165, 1.54) is 60.4 Å². The van der Waals surface area contributed by atoms with Gasteiger partial charge in [-0.2, -0.15) is 0 Å². The number of hydrogen-bond acceptors (Lipinski definition) is 0. The lowest BCUT2D eigenvalue weighted by Gasteiger charge is -2.07. The van der Waals surface area contributed by atoms with E-state index in [2.05, 4.69) is 131 Å². The first kappa shape index (κ1) is 18.3. The molecule has 7 rings (SSSR count). The van der Waals surface area contributed by atoms with Gasteiger partial charge in [-0.1, -0.05) is 78.9 Å².